The Morgan fingerprint density at radius 3 is 2.67 bits per heavy atom. The Bertz CT molecular complexity index is 959. The molecule has 27 heavy (non-hydrogen) atoms. The first-order valence-corrected chi connectivity index (χ1v) is 9.81. The number of imide groups is 1. The van der Waals surface area contributed by atoms with Gasteiger partial charge in [0.2, 0.25) is 5.91 Å². The monoisotopic (exact) mass is 384 g/mol. The van der Waals surface area contributed by atoms with Gasteiger partial charge in [0.25, 0.3) is 11.1 Å². The van der Waals surface area contributed by atoms with Crippen molar-refractivity contribution in [2.45, 2.75) is 19.3 Å². The minimum absolute atomic E-state index is 0.166. The predicted molar refractivity (Wildman–Crippen MR) is 104 cm³/mol. The van der Waals surface area contributed by atoms with Crippen LogP contribution in [0.4, 0.5) is 4.79 Å². The molecule has 0 N–H and O–H groups in total. The van der Waals surface area contributed by atoms with E-state index in [-0.39, 0.29) is 12.5 Å². The number of aromatic nitrogens is 2. The van der Waals surface area contributed by atoms with Gasteiger partial charge in [-0.2, -0.15) is 0 Å². The SMILES string of the molecule is Cn1c(/C=C2\SC(=O)N(CC(=O)N3CCCCC3)C2=O)nc2ccccc21. The number of imidazole rings is 1. The molecule has 2 aliphatic heterocycles. The number of para-hydroxylation sites is 2. The van der Waals surface area contributed by atoms with E-state index in [9.17, 15) is 14.4 Å². The number of carbonyl (C=O) groups excluding carboxylic acids is 3. The highest BCUT2D eigenvalue weighted by molar-refractivity contribution is 8.18. The van der Waals surface area contributed by atoms with E-state index >= 15 is 0 Å². The Kier molecular flexibility index (Phi) is 4.73. The number of benzene rings is 1. The Morgan fingerprint density at radius 1 is 1.19 bits per heavy atom. The van der Waals surface area contributed by atoms with Gasteiger partial charge in [-0.1, -0.05) is 12.1 Å². The van der Waals surface area contributed by atoms with Crippen molar-refractivity contribution in [1.29, 1.82) is 0 Å². The van der Waals surface area contributed by atoms with Crippen molar-refractivity contribution in [1.82, 2.24) is 19.4 Å². The maximum atomic E-state index is 12.7. The Hall–Kier alpha value is -2.61. The molecule has 1 aromatic carbocycles. The maximum Gasteiger partial charge on any atom is 0.294 e. The number of hydrogen-bond donors (Lipinski definition) is 0. The van der Waals surface area contributed by atoms with Crippen LogP contribution in [-0.4, -0.2) is 56.0 Å². The highest BCUT2D eigenvalue weighted by atomic mass is 32.2. The molecule has 140 valence electrons. The van der Waals surface area contributed by atoms with E-state index in [1.807, 2.05) is 35.9 Å². The third-order valence-corrected chi connectivity index (χ3v) is 5.87. The highest BCUT2D eigenvalue weighted by Gasteiger charge is 2.37. The van der Waals surface area contributed by atoms with Gasteiger partial charge in [-0.15, -0.1) is 0 Å². The number of nitrogens with zero attached hydrogens (tertiary/aromatic N) is 4. The van der Waals surface area contributed by atoms with Crippen molar-refractivity contribution in [3.05, 3.63) is 35.0 Å². The highest BCUT2D eigenvalue weighted by Crippen LogP contribution is 2.32. The quantitative estimate of drug-likeness (QED) is 0.761. The number of amides is 3. The molecule has 0 saturated carbocycles. The van der Waals surface area contributed by atoms with Crippen LogP contribution >= 0.6 is 11.8 Å². The van der Waals surface area contributed by atoms with Gasteiger partial charge in [0, 0.05) is 26.2 Å². The molecule has 1 aromatic heterocycles. The Labute approximate surface area is 161 Å². The van der Waals surface area contributed by atoms with Gasteiger partial charge in [0.15, 0.2) is 0 Å². The first kappa shape index (κ1) is 17.8. The molecule has 0 bridgehead atoms. The maximum absolute atomic E-state index is 12.7. The minimum atomic E-state index is -0.428. The molecule has 0 unspecified atom stereocenters. The lowest BCUT2D eigenvalue weighted by Crippen LogP contribution is -2.44. The van der Waals surface area contributed by atoms with Crippen LogP contribution in [0.3, 0.4) is 0 Å². The number of piperidine rings is 1. The normalized spacial score (nSPS) is 19.5. The summed E-state index contributed by atoms with van der Waals surface area (Å²) in [5.74, 6) is 0.00690. The first-order valence-electron chi connectivity index (χ1n) is 8.99. The third kappa shape index (κ3) is 3.37. The molecule has 2 saturated heterocycles. The van der Waals surface area contributed by atoms with E-state index in [1.165, 1.54) is 0 Å². The lowest BCUT2D eigenvalue weighted by Gasteiger charge is -2.27. The first-order chi connectivity index (χ1) is 13.0. The van der Waals surface area contributed by atoms with Crippen LogP contribution in [0.1, 0.15) is 25.1 Å². The molecule has 0 aliphatic carbocycles. The minimum Gasteiger partial charge on any atom is -0.341 e. The number of aryl methyl sites for hydroxylation is 1. The predicted octanol–water partition coefficient (Wildman–Crippen LogP) is 2.62. The molecule has 4 rings (SSSR count). The van der Waals surface area contributed by atoms with Crippen LogP contribution in [-0.2, 0) is 16.6 Å². The van der Waals surface area contributed by atoms with Gasteiger partial charge < -0.3 is 9.47 Å². The average molecular weight is 384 g/mol. The van der Waals surface area contributed by atoms with Gasteiger partial charge in [0.1, 0.15) is 12.4 Å². The number of hydrogen-bond acceptors (Lipinski definition) is 5. The topological polar surface area (TPSA) is 75.5 Å². The fourth-order valence-corrected chi connectivity index (χ4v) is 4.23. The van der Waals surface area contributed by atoms with Crippen molar-refractivity contribution in [3.8, 4) is 0 Å². The van der Waals surface area contributed by atoms with E-state index in [0.29, 0.717) is 23.8 Å². The Morgan fingerprint density at radius 2 is 1.93 bits per heavy atom. The zero-order valence-corrected chi connectivity index (χ0v) is 15.9. The van der Waals surface area contributed by atoms with Gasteiger partial charge in [-0.3, -0.25) is 19.3 Å². The zero-order valence-electron chi connectivity index (χ0n) is 15.1. The van der Waals surface area contributed by atoms with E-state index < -0.39 is 11.1 Å². The standard InChI is InChI=1S/C19H20N4O3S/c1-21-14-8-4-3-7-13(14)20-16(21)11-15-18(25)23(19(26)27-15)12-17(24)22-9-5-2-6-10-22/h3-4,7-8,11H,2,5-6,9-10,12H2,1H3/b15-11-. The summed E-state index contributed by atoms with van der Waals surface area (Å²) in [5, 5.41) is -0.407. The van der Waals surface area contributed by atoms with Crippen molar-refractivity contribution in [3.63, 3.8) is 0 Å². The van der Waals surface area contributed by atoms with Crippen LogP contribution in [0.15, 0.2) is 29.2 Å². The second-order valence-corrected chi connectivity index (χ2v) is 7.72. The molecule has 8 heteroatoms. The van der Waals surface area contributed by atoms with Crippen LogP contribution in [0.25, 0.3) is 17.1 Å². The second kappa shape index (κ2) is 7.19. The largest absolute Gasteiger partial charge is 0.341 e. The molecule has 2 aromatic rings. The number of rotatable bonds is 3. The van der Waals surface area contributed by atoms with Gasteiger partial charge in [-0.25, -0.2) is 4.98 Å². The number of carbonyl (C=O) groups is 3. The zero-order chi connectivity index (χ0) is 19.0. The molecular weight excluding hydrogens is 364 g/mol. The summed E-state index contributed by atoms with van der Waals surface area (Å²) in [6.07, 6.45) is 4.68. The fraction of sp³-hybridized carbons (Fsp3) is 0.368. The summed E-state index contributed by atoms with van der Waals surface area (Å²) in [6.45, 7) is 1.21. The molecule has 0 atom stereocenters. The van der Waals surface area contributed by atoms with Crippen molar-refractivity contribution in [2.75, 3.05) is 19.6 Å². The summed E-state index contributed by atoms with van der Waals surface area (Å²) >= 11 is 0.858. The average Bonchev–Trinajstić information content (AvgIpc) is 3.14. The number of thioether (sulfide) groups is 1. The van der Waals surface area contributed by atoms with E-state index in [0.717, 1.165) is 47.0 Å². The third-order valence-electron chi connectivity index (χ3n) is 4.96. The molecule has 7 nitrogen and oxygen atoms in total. The summed E-state index contributed by atoms with van der Waals surface area (Å²) in [7, 11) is 1.87. The molecule has 2 aliphatic rings. The molecule has 0 spiro atoms. The number of fused-ring (bicyclic) bond motifs is 1. The lowest BCUT2D eigenvalue weighted by atomic mass is 10.1. The van der Waals surface area contributed by atoms with Crippen LogP contribution in [0.2, 0.25) is 0 Å². The van der Waals surface area contributed by atoms with E-state index in [1.54, 1.807) is 11.0 Å². The van der Waals surface area contributed by atoms with E-state index in [2.05, 4.69) is 4.98 Å². The molecule has 2 fully saturated rings. The molecule has 3 heterocycles. The van der Waals surface area contributed by atoms with Crippen LogP contribution in [0, 0.1) is 0 Å². The van der Waals surface area contributed by atoms with Crippen LogP contribution in [0.5, 0.6) is 0 Å². The smallest absolute Gasteiger partial charge is 0.294 e. The summed E-state index contributed by atoms with van der Waals surface area (Å²) in [6, 6.07) is 7.67. The van der Waals surface area contributed by atoms with Crippen LogP contribution < -0.4 is 0 Å². The molecule has 0 radical (unpaired) electrons. The van der Waals surface area contributed by atoms with Gasteiger partial charge >= 0.3 is 0 Å². The Balaban J connectivity index is 1.54. The molecule has 3 amide bonds. The lowest BCUT2D eigenvalue weighted by molar-refractivity contribution is -0.136. The summed E-state index contributed by atoms with van der Waals surface area (Å²) in [5.41, 5.74) is 1.77. The van der Waals surface area contributed by atoms with Crippen molar-refractivity contribution in [2.24, 2.45) is 7.05 Å². The second-order valence-electron chi connectivity index (χ2n) is 6.73. The summed E-state index contributed by atoms with van der Waals surface area (Å²) < 4.78 is 1.88. The fourth-order valence-electron chi connectivity index (χ4n) is 3.43. The number of likely N-dealkylation sites (tertiary alicyclic amines) is 1. The van der Waals surface area contributed by atoms with E-state index in [4.69, 9.17) is 0 Å². The van der Waals surface area contributed by atoms with Crippen molar-refractivity contribution < 1.29 is 14.4 Å². The van der Waals surface area contributed by atoms with Crippen molar-refractivity contribution >= 4 is 45.9 Å². The van der Waals surface area contributed by atoms with Gasteiger partial charge in [0.05, 0.1) is 15.9 Å². The van der Waals surface area contributed by atoms with Gasteiger partial charge in [-0.05, 0) is 43.2 Å². The molecular formula is C19H20N4O3S. The summed E-state index contributed by atoms with van der Waals surface area (Å²) in [4.78, 5) is 45.0.